The van der Waals surface area contributed by atoms with Crippen LogP contribution < -0.4 is 5.73 Å². The van der Waals surface area contributed by atoms with Gasteiger partial charge >= 0.3 is 0 Å². The molecule has 19 heavy (non-hydrogen) atoms. The first-order valence-corrected chi connectivity index (χ1v) is 6.16. The molecule has 3 rings (SSSR count). The smallest absolute Gasteiger partial charge is 0.115 e. The van der Waals surface area contributed by atoms with Crippen molar-refractivity contribution in [2.45, 2.75) is 5.92 Å². The second-order valence-electron chi connectivity index (χ2n) is 4.53. The summed E-state index contributed by atoms with van der Waals surface area (Å²) < 4.78 is 2.00. The molecule has 2 heterocycles. The molecule has 0 saturated carbocycles. The molecule has 5 heteroatoms. The first-order valence-electron chi connectivity index (χ1n) is 6.16. The van der Waals surface area contributed by atoms with Gasteiger partial charge in [-0.1, -0.05) is 6.07 Å². The molecule has 3 aromatic rings. The van der Waals surface area contributed by atoms with Gasteiger partial charge in [-0.25, -0.2) is 15.0 Å². The quantitative estimate of drug-likeness (QED) is 0.767. The van der Waals surface area contributed by atoms with Crippen molar-refractivity contribution in [1.29, 1.82) is 0 Å². The molecule has 0 aliphatic carbocycles. The second-order valence-corrected chi connectivity index (χ2v) is 4.53. The number of nitrogens with zero attached hydrogens (tertiary/aromatic N) is 4. The molecule has 0 aliphatic rings. The van der Waals surface area contributed by atoms with Crippen LogP contribution in [0, 0.1) is 0 Å². The molecule has 2 aromatic heterocycles. The Morgan fingerprint density at radius 1 is 1.26 bits per heavy atom. The van der Waals surface area contributed by atoms with Crippen molar-refractivity contribution in [3.05, 3.63) is 54.4 Å². The van der Waals surface area contributed by atoms with Crippen LogP contribution in [0.25, 0.3) is 11.0 Å². The molecule has 2 N–H and O–H groups in total. The summed E-state index contributed by atoms with van der Waals surface area (Å²) in [5.41, 5.74) is 10.1. The normalized spacial score (nSPS) is 12.7. The Morgan fingerprint density at radius 2 is 2.16 bits per heavy atom. The van der Waals surface area contributed by atoms with Gasteiger partial charge in [-0.05, 0) is 23.8 Å². The van der Waals surface area contributed by atoms with Crippen molar-refractivity contribution in [3.63, 3.8) is 0 Å². The highest BCUT2D eigenvalue weighted by molar-refractivity contribution is 5.76. The first kappa shape index (κ1) is 11.8. The zero-order valence-electron chi connectivity index (χ0n) is 10.7. The Labute approximate surface area is 111 Å². The number of aryl methyl sites for hydroxylation is 1. The third kappa shape index (κ3) is 2.08. The van der Waals surface area contributed by atoms with E-state index in [-0.39, 0.29) is 5.92 Å². The summed E-state index contributed by atoms with van der Waals surface area (Å²) in [6.07, 6.45) is 5.11. The second kappa shape index (κ2) is 4.78. The molecular weight excluding hydrogens is 238 g/mol. The number of benzene rings is 1. The lowest BCUT2D eigenvalue weighted by atomic mass is 9.95. The molecule has 0 saturated heterocycles. The van der Waals surface area contributed by atoms with Crippen LogP contribution in [0.3, 0.4) is 0 Å². The maximum absolute atomic E-state index is 5.90. The lowest BCUT2D eigenvalue weighted by Crippen LogP contribution is -2.15. The van der Waals surface area contributed by atoms with Crippen molar-refractivity contribution in [2.75, 3.05) is 6.54 Å². The monoisotopic (exact) mass is 253 g/mol. The van der Waals surface area contributed by atoms with Gasteiger partial charge in [0.2, 0.25) is 0 Å². The number of fused-ring (bicyclic) bond motifs is 1. The van der Waals surface area contributed by atoms with E-state index in [9.17, 15) is 0 Å². The van der Waals surface area contributed by atoms with Crippen LogP contribution >= 0.6 is 0 Å². The van der Waals surface area contributed by atoms with Crippen LogP contribution in [-0.4, -0.2) is 26.1 Å². The van der Waals surface area contributed by atoms with E-state index < -0.39 is 0 Å². The highest BCUT2D eigenvalue weighted by atomic mass is 15.0. The van der Waals surface area contributed by atoms with Crippen LogP contribution in [0.5, 0.6) is 0 Å². The zero-order chi connectivity index (χ0) is 13.2. The van der Waals surface area contributed by atoms with Crippen molar-refractivity contribution < 1.29 is 0 Å². The molecule has 5 nitrogen and oxygen atoms in total. The molecule has 1 aromatic carbocycles. The standard InChI is InChI=1S/C14H15N5/c1-19-9-18-13-6-10(2-3-14(13)19)11(7-15)12-4-5-16-8-17-12/h2-6,8-9,11H,7,15H2,1H3. The minimum atomic E-state index is 0.0782. The van der Waals surface area contributed by atoms with Crippen LogP contribution in [0.15, 0.2) is 43.1 Å². The van der Waals surface area contributed by atoms with Gasteiger partial charge in [-0.3, -0.25) is 0 Å². The summed E-state index contributed by atoms with van der Waals surface area (Å²) in [5, 5.41) is 0. The Morgan fingerprint density at radius 3 is 2.89 bits per heavy atom. The van der Waals surface area contributed by atoms with Gasteiger partial charge < -0.3 is 10.3 Å². The summed E-state index contributed by atoms with van der Waals surface area (Å²) in [6, 6.07) is 8.14. The molecule has 0 bridgehead atoms. The highest BCUT2D eigenvalue weighted by Gasteiger charge is 2.14. The van der Waals surface area contributed by atoms with E-state index in [0.29, 0.717) is 6.54 Å². The van der Waals surface area contributed by atoms with E-state index >= 15 is 0 Å². The fourth-order valence-corrected chi connectivity index (χ4v) is 2.30. The van der Waals surface area contributed by atoms with Gasteiger partial charge in [0.15, 0.2) is 0 Å². The fourth-order valence-electron chi connectivity index (χ4n) is 2.30. The summed E-state index contributed by atoms with van der Waals surface area (Å²) in [4.78, 5) is 12.6. The summed E-state index contributed by atoms with van der Waals surface area (Å²) >= 11 is 0. The van der Waals surface area contributed by atoms with Crippen molar-refractivity contribution in [3.8, 4) is 0 Å². The van der Waals surface area contributed by atoms with Crippen molar-refractivity contribution in [2.24, 2.45) is 12.8 Å². The maximum Gasteiger partial charge on any atom is 0.115 e. The highest BCUT2D eigenvalue weighted by Crippen LogP contribution is 2.24. The summed E-state index contributed by atoms with van der Waals surface area (Å²) in [7, 11) is 1.99. The minimum absolute atomic E-state index is 0.0782. The predicted molar refractivity (Wildman–Crippen MR) is 73.6 cm³/mol. The van der Waals surface area contributed by atoms with E-state index in [1.165, 1.54) is 0 Å². The molecule has 0 fully saturated rings. The third-order valence-corrected chi connectivity index (χ3v) is 3.35. The summed E-state index contributed by atoms with van der Waals surface area (Å²) in [6.45, 7) is 0.509. The predicted octanol–water partition coefficient (Wildman–Crippen LogP) is 1.45. The van der Waals surface area contributed by atoms with Crippen LogP contribution in [0.1, 0.15) is 17.2 Å². The number of rotatable bonds is 3. The number of imidazole rings is 1. The minimum Gasteiger partial charge on any atom is -0.334 e. The van der Waals surface area contributed by atoms with Gasteiger partial charge in [0.1, 0.15) is 6.33 Å². The number of hydrogen-bond donors (Lipinski definition) is 1. The van der Waals surface area contributed by atoms with Gasteiger partial charge in [0.25, 0.3) is 0 Å². The lowest BCUT2D eigenvalue weighted by Gasteiger charge is -2.14. The van der Waals surface area contributed by atoms with E-state index in [4.69, 9.17) is 5.73 Å². The number of nitrogens with two attached hydrogens (primary N) is 1. The Hall–Kier alpha value is -2.27. The molecule has 0 aliphatic heterocycles. The molecule has 1 atom stereocenters. The van der Waals surface area contributed by atoms with Gasteiger partial charge in [0, 0.05) is 25.7 Å². The van der Waals surface area contributed by atoms with E-state index in [0.717, 1.165) is 22.3 Å². The molecular formula is C14H15N5. The molecule has 0 amide bonds. The third-order valence-electron chi connectivity index (χ3n) is 3.35. The Balaban J connectivity index is 2.06. The number of aromatic nitrogens is 4. The van der Waals surface area contributed by atoms with Crippen LogP contribution in [-0.2, 0) is 7.05 Å². The molecule has 1 unspecified atom stereocenters. The largest absolute Gasteiger partial charge is 0.334 e. The first-order chi connectivity index (χ1) is 9.29. The maximum atomic E-state index is 5.90. The molecule has 0 radical (unpaired) electrons. The average molecular weight is 253 g/mol. The Kier molecular flexibility index (Phi) is 2.97. The summed E-state index contributed by atoms with van der Waals surface area (Å²) in [5.74, 6) is 0.0782. The fraction of sp³-hybridized carbons (Fsp3) is 0.214. The molecule has 96 valence electrons. The Bertz CT molecular complexity index is 689. The van der Waals surface area contributed by atoms with E-state index in [1.807, 2.05) is 24.0 Å². The van der Waals surface area contributed by atoms with Gasteiger partial charge in [-0.2, -0.15) is 0 Å². The van der Waals surface area contributed by atoms with E-state index in [1.54, 1.807) is 12.5 Å². The van der Waals surface area contributed by atoms with Crippen molar-refractivity contribution in [1.82, 2.24) is 19.5 Å². The topological polar surface area (TPSA) is 69.6 Å². The lowest BCUT2D eigenvalue weighted by molar-refractivity contribution is 0.782. The molecule has 0 spiro atoms. The van der Waals surface area contributed by atoms with Gasteiger partial charge in [0.05, 0.1) is 23.1 Å². The van der Waals surface area contributed by atoms with Gasteiger partial charge in [-0.15, -0.1) is 0 Å². The van der Waals surface area contributed by atoms with Crippen LogP contribution in [0.4, 0.5) is 0 Å². The number of hydrogen-bond acceptors (Lipinski definition) is 4. The zero-order valence-corrected chi connectivity index (χ0v) is 10.7. The van der Waals surface area contributed by atoms with E-state index in [2.05, 4.69) is 33.2 Å². The van der Waals surface area contributed by atoms with Crippen molar-refractivity contribution >= 4 is 11.0 Å². The average Bonchev–Trinajstić information content (AvgIpc) is 2.82. The SMILES string of the molecule is Cn1cnc2cc(C(CN)c3ccncn3)ccc21. The van der Waals surface area contributed by atoms with Crippen LogP contribution in [0.2, 0.25) is 0 Å².